The zero-order valence-corrected chi connectivity index (χ0v) is 13.4. The van der Waals surface area contributed by atoms with Gasteiger partial charge in [0.15, 0.2) is 5.76 Å². The number of phenols is 2. The Hall–Kier alpha value is -3.06. The average molecular weight is 363 g/mol. The van der Waals surface area contributed by atoms with Gasteiger partial charge in [0.25, 0.3) is 0 Å². The molecule has 8 heteroatoms. The molecule has 6 nitrogen and oxygen atoms in total. The van der Waals surface area contributed by atoms with Gasteiger partial charge >= 0.3 is 0 Å². The molecule has 0 spiro atoms. The molecular weight excluding hydrogens is 351 g/mol. The number of aromatic nitrogens is 1. The fourth-order valence-corrected chi connectivity index (χ4v) is 2.58. The lowest BCUT2D eigenvalue weighted by atomic mass is 9.98. The van der Waals surface area contributed by atoms with Crippen molar-refractivity contribution in [3.05, 3.63) is 52.9 Å². The summed E-state index contributed by atoms with van der Waals surface area (Å²) in [6.45, 7) is 0.0757. The molecule has 3 N–H and O–H groups in total. The van der Waals surface area contributed by atoms with Crippen molar-refractivity contribution in [2.45, 2.75) is 6.54 Å². The summed E-state index contributed by atoms with van der Waals surface area (Å²) in [5.41, 5.74) is 1.62. The molecule has 2 aromatic carbocycles. The molecule has 0 aliphatic rings. The number of carbonyl (C=O) groups excluding carboxylic acids is 1. The summed E-state index contributed by atoms with van der Waals surface area (Å²) in [5.74, 6) is -0.788. The maximum absolute atomic E-state index is 13.2. The molecule has 0 bridgehead atoms. The van der Waals surface area contributed by atoms with E-state index in [9.17, 15) is 19.4 Å². The van der Waals surface area contributed by atoms with Gasteiger partial charge in [-0.15, -0.1) is 0 Å². The zero-order chi connectivity index (χ0) is 18.0. The van der Waals surface area contributed by atoms with Crippen LogP contribution in [0, 0.1) is 5.82 Å². The van der Waals surface area contributed by atoms with Gasteiger partial charge in [-0.2, -0.15) is 0 Å². The van der Waals surface area contributed by atoms with Crippen molar-refractivity contribution >= 4 is 18.0 Å². The van der Waals surface area contributed by atoms with Crippen LogP contribution in [-0.4, -0.2) is 21.8 Å². The van der Waals surface area contributed by atoms with Crippen LogP contribution in [-0.2, 0) is 11.3 Å². The van der Waals surface area contributed by atoms with E-state index in [1.54, 1.807) is 0 Å². The molecule has 3 aromatic rings. The molecule has 25 heavy (non-hydrogen) atoms. The Morgan fingerprint density at radius 2 is 1.92 bits per heavy atom. The first-order valence-electron chi connectivity index (χ1n) is 7.14. The lowest BCUT2D eigenvalue weighted by Crippen LogP contribution is -2.10. The second-order valence-electron chi connectivity index (χ2n) is 5.16. The molecule has 0 saturated carbocycles. The number of halogens is 2. The zero-order valence-electron chi connectivity index (χ0n) is 12.7. The van der Waals surface area contributed by atoms with Gasteiger partial charge in [0.2, 0.25) is 6.41 Å². The van der Waals surface area contributed by atoms with Crippen LogP contribution in [0.1, 0.15) is 5.69 Å². The lowest BCUT2D eigenvalue weighted by Gasteiger charge is -2.08. The molecule has 128 valence electrons. The van der Waals surface area contributed by atoms with Gasteiger partial charge in [0.05, 0.1) is 22.7 Å². The number of carbonyl (C=O) groups is 1. The number of nitrogens with zero attached hydrogens (tertiary/aromatic N) is 1. The predicted molar refractivity (Wildman–Crippen MR) is 88.6 cm³/mol. The first-order valence-corrected chi connectivity index (χ1v) is 7.52. The maximum atomic E-state index is 13.2. The van der Waals surface area contributed by atoms with Crippen molar-refractivity contribution in [2.24, 2.45) is 0 Å². The van der Waals surface area contributed by atoms with E-state index in [4.69, 9.17) is 16.1 Å². The number of rotatable bonds is 5. The van der Waals surface area contributed by atoms with Crippen LogP contribution in [0.15, 0.2) is 40.9 Å². The highest BCUT2D eigenvalue weighted by molar-refractivity contribution is 6.32. The summed E-state index contributed by atoms with van der Waals surface area (Å²) >= 11 is 5.91. The van der Waals surface area contributed by atoms with Crippen molar-refractivity contribution in [1.82, 2.24) is 10.5 Å². The first kappa shape index (κ1) is 16.8. The third kappa shape index (κ3) is 3.27. The summed E-state index contributed by atoms with van der Waals surface area (Å²) < 4.78 is 18.6. The number of benzene rings is 2. The average Bonchev–Trinajstić information content (AvgIpc) is 3.00. The lowest BCUT2D eigenvalue weighted by molar-refractivity contribution is -0.109. The van der Waals surface area contributed by atoms with E-state index in [-0.39, 0.29) is 34.4 Å². The van der Waals surface area contributed by atoms with Gasteiger partial charge in [-0.05, 0) is 23.8 Å². The van der Waals surface area contributed by atoms with Crippen LogP contribution in [0.5, 0.6) is 11.5 Å². The van der Waals surface area contributed by atoms with Crippen molar-refractivity contribution < 1.29 is 23.9 Å². The van der Waals surface area contributed by atoms with Gasteiger partial charge in [0.1, 0.15) is 23.0 Å². The Balaban J connectivity index is 2.20. The highest BCUT2D eigenvalue weighted by atomic mass is 35.5. The van der Waals surface area contributed by atoms with E-state index < -0.39 is 5.82 Å². The Morgan fingerprint density at radius 1 is 1.20 bits per heavy atom. The molecule has 0 radical (unpaired) electrons. The smallest absolute Gasteiger partial charge is 0.207 e. The van der Waals surface area contributed by atoms with Crippen LogP contribution < -0.4 is 5.32 Å². The number of aromatic hydroxyl groups is 2. The van der Waals surface area contributed by atoms with Crippen LogP contribution in [0.25, 0.3) is 22.5 Å². The van der Waals surface area contributed by atoms with E-state index in [0.717, 1.165) is 6.07 Å². The summed E-state index contributed by atoms with van der Waals surface area (Å²) in [6, 6.07) is 8.00. The second-order valence-corrected chi connectivity index (χ2v) is 5.57. The van der Waals surface area contributed by atoms with Crippen LogP contribution >= 0.6 is 11.6 Å². The quantitative estimate of drug-likeness (QED) is 0.604. The molecule has 0 saturated heterocycles. The first-order chi connectivity index (χ1) is 12.0. The topological polar surface area (TPSA) is 95.6 Å². The van der Waals surface area contributed by atoms with Crippen LogP contribution in [0.2, 0.25) is 5.02 Å². The monoisotopic (exact) mass is 362 g/mol. The number of phenolic OH excluding ortho intramolecular Hbond substituents is 2. The van der Waals surface area contributed by atoms with Crippen molar-refractivity contribution in [1.29, 1.82) is 0 Å². The number of hydrogen-bond donors (Lipinski definition) is 3. The summed E-state index contributed by atoms with van der Waals surface area (Å²) in [4.78, 5) is 10.6. The third-order valence-electron chi connectivity index (χ3n) is 3.56. The summed E-state index contributed by atoms with van der Waals surface area (Å²) in [7, 11) is 0. The second kappa shape index (κ2) is 6.82. The van der Waals surface area contributed by atoms with Gasteiger partial charge in [-0.1, -0.05) is 28.9 Å². The molecular formula is C17H12ClFN2O4. The SMILES string of the molecule is O=CNCc1noc(-c2cc(Cl)c(O)cc2O)c1-c1ccc(F)cc1. The fraction of sp³-hybridized carbons (Fsp3) is 0.0588. The minimum Gasteiger partial charge on any atom is -0.507 e. The fourth-order valence-electron chi connectivity index (χ4n) is 2.41. The van der Waals surface area contributed by atoms with Crippen molar-refractivity contribution in [2.75, 3.05) is 0 Å². The van der Waals surface area contributed by atoms with Crippen LogP contribution in [0.3, 0.4) is 0 Å². The minimum atomic E-state index is -0.412. The van der Waals surface area contributed by atoms with Crippen molar-refractivity contribution in [3.8, 4) is 33.9 Å². The molecule has 1 aromatic heterocycles. The number of nitrogens with one attached hydrogen (secondary N) is 1. The van der Waals surface area contributed by atoms with E-state index in [1.165, 1.54) is 30.3 Å². The molecule has 0 atom stereocenters. The van der Waals surface area contributed by atoms with E-state index in [2.05, 4.69) is 10.5 Å². The normalized spacial score (nSPS) is 10.6. The number of amides is 1. The predicted octanol–water partition coefficient (Wildman–Crippen LogP) is 3.46. The highest BCUT2D eigenvalue weighted by Gasteiger charge is 2.22. The van der Waals surface area contributed by atoms with Gasteiger partial charge in [-0.3, -0.25) is 4.79 Å². The Labute approximate surface area is 146 Å². The Bertz CT molecular complexity index is 925. The maximum Gasteiger partial charge on any atom is 0.207 e. The van der Waals surface area contributed by atoms with Crippen molar-refractivity contribution in [3.63, 3.8) is 0 Å². The molecule has 0 fully saturated rings. The standard InChI is InChI=1S/C17H12ClFN2O4/c18-12-5-11(14(23)6-15(12)24)17-16(9-1-3-10(19)4-2-9)13(21-25-17)7-20-8-22/h1-6,8,23-24H,7H2,(H,20,22). The van der Waals surface area contributed by atoms with Gasteiger partial charge in [-0.25, -0.2) is 4.39 Å². The van der Waals surface area contributed by atoms with Crippen LogP contribution in [0.4, 0.5) is 4.39 Å². The Morgan fingerprint density at radius 3 is 2.60 bits per heavy atom. The molecule has 3 rings (SSSR count). The molecule has 1 amide bonds. The van der Waals surface area contributed by atoms with E-state index in [0.29, 0.717) is 23.2 Å². The number of hydrogen-bond acceptors (Lipinski definition) is 5. The molecule has 0 unspecified atom stereocenters. The highest BCUT2D eigenvalue weighted by Crippen LogP contribution is 2.42. The summed E-state index contributed by atoms with van der Waals surface area (Å²) in [6.07, 6.45) is 0.512. The third-order valence-corrected chi connectivity index (χ3v) is 3.86. The van der Waals surface area contributed by atoms with Gasteiger partial charge < -0.3 is 20.1 Å². The van der Waals surface area contributed by atoms with E-state index >= 15 is 0 Å². The minimum absolute atomic E-state index is 0.0156. The van der Waals surface area contributed by atoms with E-state index in [1.807, 2.05) is 0 Å². The Kier molecular flexibility index (Phi) is 4.58. The molecule has 0 aliphatic carbocycles. The largest absolute Gasteiger partial charge is 0.507 e. The summed E-state index contributed by atoms with van der Waals surface area (Å²) in [5, 5.41) is 26.1. The van der Waals surface area contributed by atoms with Gasteiger partial charge in [0, 0.05) is 6.07 Å². The molecule has 0 aliphatic heterocycles. The molecule has 1 heterocycles.